The number of rotatable bonds is 4. The molecule has 0 saturated carbocycles. The van der Waals surface area contributed by atoms with Crippen molar-refractivity contribution >= 4 is 34.8 Å². The van der Waals surface area contributed by atoms with Gasteiger partial charge in [0.1, 0.15) is 0 Å². The lowest BCUT2D eigenvalue weighted by Crippen LogP contribution is -2.26. The molecule has 0 bridgehead atoms. The van der Waals surface area contributed by atoms with Gasteiger partial charge in [0.25, 0.3) is 5.91 Å². The van der Waals surface area contributed by atoms with Crippen LogP contribution in [0, 0.1) is 6.92 Å². The third-order valence-electron chi connectivity index (χ3n) is 3.86. The molecule has 0 spiro atoms. The maximum atomic E-state index is 12.5. The maximum Gasteiger partial charge on any atom is 0.261 e. The van der Waals surface area contributed by atoms with E-state index in [-0.39, 0.29) is 5.91 Å². The first-order chi connectivity index (χ1) is 12.1. The summed E-state index contributed by atoms with van der Waals surface area (Å²) >= 11 is 6.11. The largest absolute Gasteiger partial charge is 0.324 e. The van der Waals surface area contributed by atoms with E-state index in [1.54, 1.807) is 11.9 Å². The molecule has 1 heterocycles. The van der Waals surface area contributed by atoms with Crippen LogP contribution in [0.2, 0.25) is 5.02 Å². The van der Waals surface area contributed by atoms with E-state index < -0.39 is 0 Å². The topological polar surface area (TPSA) is 58.1 Å². The standard InChI is InChI=1S/C19H17ClN4O/c1-13-16(20)9-6-10-17(13)23-19-21-11-14(12-22-19)18(25)24(2)15-7-4-3-5-8-15/h3-12H,1-2H3,(H,21,22,23). The van der Waals surface area contributed by atoms with E-state index in [9.17, 15) is 4.79 Å². The van der Waals surface area contributed by atoms with Crippen molar-refractivity contribution in [2.75, 3.05) is 17.3 Å². The average molecular weight is 353 g/mol. The fraction of sp³-hybridized carbons (Fsp3) is 0.105. The molecule has 126 valence electrons. The Kier molecular flexibility index (Phi) is 4.95. The molecule has 6 heteroatoms. The first-order valence-corrected chi connectivity index (χ1v) is 8.11. The van der Waals surface area contributed by atoms with Crippen molar-refractivity contribution in [3.8, 4) is 0 Å². The van der Waals surface area contributed by atoms with E-state index in [0.29, 0.717) is 16.5 Å². The van der Waals surface area contributed by atoms with Crippen LogP contribution in [-0.4, -0.2) is 22.9 Å². The summed E-state index contributed by atoms with van der Waals surface area (Å²) in [5, 5.41) is 3.78. The first kappa shape index (κ1) is 16.9. The summed E-state index contributed by atoms with van der Waals surface area (Å²) in [6, 6.07) is 15.0. The van der Waals surface area contributed by atoms with E-state index in [2.05, 4.69) is 15.3 Å². The van der Waals surface area contributed by atoms with Gasteiger partial charge in [0.05, 0.1) is 5.56 Å². The van der Waals surface area contributed by atoms with Crippen LogP contribution in [0.5, 0.6) is 0 Å². The third-order valence-corrected chi connectivity index (χ3v) is 4.27. The zero-order valence-electron chi connectivity index (χ0n) is 13.9. The van der Waals surface area contributed by atoms with Crippen molar-refractivity contribution in [2.45, 2.75) is 6.92 Å². The monoisotopic (exact) mass is 352 g/mol. The first-order valence-electron chi connectivity index (χ1n) is 7.73. The van der Waals surface area contributed by atoms with Gasteiger partial charge in [-0.25, -0.2) is 9.97 Å². The lowest BCUT2D eigenvalue weighted by atomic mass is 10.2. The molecule has 3 aromatic rings. The van der Waals surface area contributed by atoms with Gasteiger partial charge in [-0.05, 0) is 36.8 Å². The number of carbonyl (C=O) groups is 1. The Morgan fingerprint density at radius 1 is 1.04 bits per heavy atom. The molecule has 1 aromatic heterocycles. The highest BCUT2D eigenvalue weighted by Crippen LogP contribution is 2.24. The van der Waals surface area contributed by atoms with E-state index >= 15 is 0 Å². The SMILES string of the molecule is Cc1c(Cl)cccc1Nc1ncc(C(=O)N(C)c2ccccc2)cn1. The van der Waals surface area contributed by atoms with Crippen LogP contribution >= 0.6 is 11.6 Å². The lowest BCUT2D eigenvalue weighted by molar-refractivity contribution is 0.0992. The number of nitrogens with one attached hydrogen (secondary N) is 1. The second-order valence-electron chi connectivity index (χ2n) is 5.53. The maximum absolute atomic E-state index is 12.5. The molecular weight excluding hydrogens is 336 g/mol. The molecule has 1 N–H and O–H groups in total. The van der Waals surface area contributed by atoms with Crippen molar-refractivity contribution in [1.82, 2.24) is 9.97 Å². The van der Waals surface area contributed by atoms with Crippen molar-refractivity contribution in [2.24, 2.45) is 0 Å². The highest BCUT2D eigenvalue weighted by atomic mass is 35.5. The number of nitrogens with zero attached hydrogens (tertiary/aromatic N) is 3. The molecule has 0 aliphatic heterocycles. The number of anilines is 3. The predicted octanol–water partition coefficient (Wildman–Crippen LogP) is 4.46. The van der Waals surface area contributed by atoms with Gasteiger partial charge in [-0.15, -0.1) is 0 Å². The second-order valence-corrected chi connectivity index (χ2v) is 5.94. The molecule has 0 atom stereocenters. The molecule has 0 fully saturated rings. The lowest BCUT2D eigenvalue weighted by Gasteiger charge is -2.17. The molecule has 0 unspecified atom stereocenters. The van der Waals surface area contributed by atoms with E-state index in [4.69, 9.17) is 11.6 Å². The van der Waals surface area contributed by atoms with Gasteiger partial charge in [0, 0.05) is 35.8 Å². The second kappa shape index (κ2) is 7.32. The van der Waals surface area contributed by atoms with Crippen LogP contribution in [0.4, 0.5) is 17.3 Å². The summed E-state index contributed by atoms with van der Waals surface area (Å²) in [5.41, 5.74) is 2.97. The highest BCUT2D eigenvalue weighted by molar-refractivity contribution is 6.31. The zero-order chi connectivity index (χ0) is 17.8. The molecule has 5 nitrogen and oxygen atoms in total. The Bertz CT molecular complexity index is 882. The molecule has 25 heavy (non-hydrogen) atoms. The number of halogens is 1. The molecule has 0 aliphatic rings. The number of hydrogen-bond acceptors (Lipinski definition) is 4. The number of benzene rings is 2. The summed E-state index contributed by atoms with van der Waals surface area (Å²) in [5.74, 6) is 0.237. The van der Waals surface area contributed by atoms with Crippen LogP contribution in [0.1, 0.15) is 15.9 Å². The number of carbonyl (C=O) groups excluding carboxylic acids is 1. The number of para-hydroxylation sites is 1. The fourth-order valence-electron chi connectivity index (χ4n) is 2.33. The van der Waals surface area contributed by atoms with Crippen molar-refractivity contribution in [3.05, 3.63) is 77.1 Å². The third kappa shape index (κ3) is 3.78. The average Bonchev–Trinajstić information content (AvgIpc) is 2.65. The van der Waals surface area contributed by atoms with Crippen LogP contribution in [0.15, 0.2) is 60.9 Å². The van der Waals surface area contributed by atoms with E-state index in [1.165, 1.54) is 12.4 Å². The molecular formula is C19H17ClN4O. The molecule has 3 rings (SSSR count). The fourth-order valence-corrected chi connectivity index (χ4v) is 2.50. The van der Waals surface area contributed by atoms with Crippen LogP contribution in [-0.2, 0) is 0 Å². The minimum absolute atomic E-state index is 0.170. The van der Waals surface area contributed by atoms with E-state index in [1.807, 2.05) is 55.5 Å². The Labute approximate surface area is 151 Å². The molecule has 0 saturated heterocycles. The minimum Gasteiger partial charge on any atom is -0.324 e. The van der Waals surface area contributed by atoms with Crippen molar-refractivity contribution in [1.29, 1.82) is 0 Å². The van der Waals surface area contributed by atoms with Crippen LogP contribution < -0.4 is 10.2 Å². The van der Waals surface area contributed by atoms with Gasteiger partial charge in [-0.3, -0.25) is 4.79 Å². The summed E-state index contributed by atoms with van der Waals surface area (Å²) in [6.45, 7) is 1.91. The molecule has 2 aromatic carbocycles. The van der Waals surface area contributed by atoms with Crippen LogP contribution in [0.25, 0.3) is 0 Å². The highest BCUT2D eigenvalue weighted by Gasteiger charge is 2.14. The molecule has 0 aliphatic carbocycles. The number of aromatic nitrogens is 2. The normalized spacial score (nSPS) is 10.4. The van der Waals surface area contributed by atoms with Gasteiger partial charge in [-0.1, -0.05) is 35.9 Å². The smallest absolute Gasteiger partial charge is 0.261 e. The Morgan fingerprint density at radius 2 is 1.72 bits per heavy atom. The predicted molar refractivity (Wildman–Crippen MR) is 101 cm³/mol. The van der Waals surface area contributed by atoms with Crippen molar-refractivity contribution in [3.63, 3.8) is 0 Å². The van der Waals surface area contributed by atoms with Gasteiger partial charge >= 0.3 is 0 Å². The van der Waals surface area contributed by atoms with Gasteiger partial charge in [-0.2, -0.15) is 0 Å². The Balaban J connectivity index is 1.76. The summed E-state index contributed by atoms with van der Waals surface area (Å²) in [6.07, 6.45) is 3.02. The van der Waals surface area contributed by atoms with Crippen LogP contribution in [0.3, 0.4) is 0 Å². The molecule has 1 amide bonds. The van der Waals surface area contributed by atoms with E-state index in [0.717, 1.165) is 16.9 Å². The van der Waals surface area contributed by atoms with Gasteiger partial charge in [0.15, 0.2) is 0 Å². The summed E-state index contributed by atoms with van der Waals surface area (Å²) < 4.78 is 0. The summed E-state index contributed by atoms with van der Waals surface area (Å²) in [7, 11) is 1.72. The number of amides is 1. The quantitative estimate of drug-likeness (QED) is 0.753. The minimum atomic E-state index is -0.170. The summed E-state index contributed by atoms with van der Waals surface area (Å²) in [4.78, 5) is 22.5. The van der Waals surface area contributed by atoms with Gasteiger partial charge in [0.2, 0.25) is 5.95 Å². The Morgan fingerprint density at radius 3 is 2.40 bits per heavy atom. The Hall–Kier alpha value is -2.92. The van der Waals surface area contributed by atoms with Crippen molar-refractivity contribution < 1.29 is 4.79 Å². The molecule has 0 radical (unpaired) electrons. The zero-order valence-corrected chi connectivity index (χ0v) is 14.7. The van der Waals surface area contributed by atoms with Gasteiger partial charge < -0.3 is 10.2 Å². The number of hydrogen-bond donors (Lipinski definition) is 1.